The summed E-state index contributed by atoms with van der Waals surface area (Å²) in [6.07, 6.45) is 1.23. The summed E-state index contributed by atoms with van der Waals surface area (Å²) in [5.41, 5.74) is 5.19. The van der Waals surface area contributed by atoms with E-state index < -0.39 is 0 Å². The molecule has 0 radical (unpaired) electrons. The van der Waals surface area contributed by atoms with Crippen LogP contribution in [-0.4, -0.2) is 10.9 Å². The number of nitrogens with one attached hydrogen (secondary N) is 1. The quantitative estimate of drug-likeness (QED) is 0.698. The lowest BCUT2D eigenvalue weighted by atomic mass is 10.0. The number of aryl methyl sites for hydroxylation is 3. The minimum Gasteiger partial charge on any atom is -0.344 e. The number of aromatic nitrogens is 1. The number of nitrogens with zero attached hydrogens (tertiary/aromatic N) is 1. The summed E-state index contributed by atoms with van der Waals surface area (Å²) in [6.45, 7) is 4.06. The fourth-order valence-corrected chi connectivity index (χ4v) is 4.23. The number of carbonyl (C=O) groups is 1. The van der Waals surface area contributed by atoms with E-state index in [0.29, 0.717) is 6.42 Å². The SMILES string of the molecule is Cc1cccc([C@H](NC(=O)CCc2scnc2C)c2cccs2)c1. The molecule has 124 valence electrons. The molecule has 3 rings (SSSR count). The molecular formula is C19H20N2OS2. The van der Waals surface area contributed by atoms with E-state index in [4.69, 9.17) is 0 Å². The van der Waals surface area contributed by atoms with Crippen LogP contribution in [0.5, 0.6) is 0 Å². The first-order valence-electron chi connectivity index (χ1n) is 7.92. The van der Waals surface area contributed by atoms with Crippen LogP contribution in [0.4, 0.5) is 0 Å². The zero-order valence-electron chi connectivity index (χ0n) is 13.8. The Kier molecular flexibility index (Phi) is 5.43. The number of carbonyl (C=O) groups excluding carboxylic acids is 1. The van der Waals surface area contributed by atoms with Gasteiger partial charge in [0.15, 0.2) is 0 Å². The lowest BCUT2D eigenvalue weighted by Gasteiger charge is -2.18. The van der Waals surface area contributed by atoms with E-state index >= 15 is 0 Å². The van der Waals surface area contributed by atoms with Gasteiger partial charge in [0.1, 0.15) is 0 Å². The molecule has 2 heterocycles. The molecule has 3 nitrogen and oxygen atoms in total. The maximum absolute atomic E-state index is 12.5. The Hall–Kier alpha value is -1.98. The van der Waals surface area contributed by atoms with Crippen molar-refractivity contribution in [2.24, 2.45) is 0 Å². The molecule has 0 saturated heterocycles. The summed E-state index contributed by atoms with van der Waals surface area (Å²) in [5, 5.41) is 5.25. The fraction of sp³-hybridized carbons (Fsp3) is 0.263. The highest BCUT2D eigenvalue weighted by atomic mass is 32.1. The third-order valence-corrected chi connectivity index (χ3v) is 5.86. The van der Waals surface area contributed by atoms with Gasteiger partial charge in [-0.3, -0.25) is 4.79 Å². The van der Waals surface area contributed by atoms with Crippen LogP contribution < -0.4 is 5.32 Å². The van der Waals surface area contributed by atoms with E-state index in [-0.39, 0.29) is 11.9 Å². The lowest BCUT2D eigenvalue weighted by Crippen LogP contribution is -2.29. The lowest BCUT2D eigenvalue weighted by molar-refractivity contribution is -0.121. The van der Waals surface area contributed by atoms with Gasteiger partial charge < -0.3 is 5.32 Å². The van der Waals surface area contributed by atoms with E-state index in [1.54, 1.807) is 22.7 Å². The van der Waals surface area contributed by atoms with Crippen molar-refractivity contribution < 1.29 is 4.79 Å². The van der Waals surface area contributed by atoms with Gasteiger partial charge in [-0.1, -0.05) is 35.9 Å². The maximum Gasteiger partial charge on any atom is 0.221 e. The van der Waals surface area contributed by atoms with Crippen molar-refractivity contribution in [3.05, 3.63) is 73.9 Å². The molecule has 0 aliphatic rings. The zero-order valence-corrected chi connectivity index (χ0v) is 15.4. The van der Waals surface area contributed by atoms with Crippen molar-refractivity contribution >= 4 is 28.6 Å². The van der Waals surface area contributed by atoms with E-state index in [9.17, 15) is 4.79 Å². The summed E-state index contributed by atoms with van der Waals surface area (Å²) in [7, 11) is 0. The van der Waals surface area contributed by atoms with Gasteiger partial charge in [0.2, 0.25) is 5.91 Å². The second-order valence-corrected chi connectivity index (χ2v) is 7.71. The normalized spacial score (nSPS) is 12.1. The summed E-state index contributed by atoms with van der Waals surface area (Å²) in [4.78, 5) is 19.1. The first kappa shape index (κ1) is 16.9. The largest absolute Gasteiger partial charge is 0.344 e. The number of benzene rings is 1. The molecule has 1 aromatic carbocycles. The predicted octanol–water partition coefficient (Wildman–Crippen LogP) is 4.66. The Bertz CT molecular complexity index is 808. The number of hydrogen-bond donors (Lipinski definition) is 1. The van der Waals surface area contributed by atoms with E-state index in [1.165, 1.54) is 10.4 Å². The highest BCUT2D eigenvalue weighted by molar-refractivity contribution is 7.10. The number of thiophene rings is 1. The van der Waals surface area contributed by atoms with Crippen LogP contribution in [0.2, 0.25) is 0 Å². The van der Waals surface area contributed by atoms with Crippen LogP contribution in [0.3, 0.4) is 0 Å². The molecule has 1 N–H and O–H groups in total. The Morgan fingerprint density at radius 3 is 2.75 bits per heavy atom. The van der Waals surface area contributed by atoms with Gasteiger partial charge in [0.25, 0.3) is 0 Å². The number of rotatable bonds is 6. The second-order valence-electron chi connectivity index (χ2n) is 5.79. The number of amides is 1. The number of thiazole rings is 1. The van der Waals surface area contributed by atoms with Gasteiger partial charge in [-0.2, -0.15) is 0 Å². The monoisotopic (exact) mass is 356 g/mol. The van der Waals surface area contributed by atoms with Gasteiger partial charge in [-0.15, -0.1) is 22.7 Å². The molecule has 1 atom stereocenters. The second kappa shape index (κ2) is 7.73. The van der Waals surface area contributed by atoms with Crippen molar-refractivity contribution in [2.75, 3.05) is 0 Å². The minimum atomic E-state index is -0.0834. The van der Waals surface area contributed by atoms with Crippen molar-refractivity contribution in [3.8, 4) is 0 Å². The first-order valence-corrected chi connectivity index (χ1v) is 9.67. The van der Waals surface area contributed by atoms with E-state index in [2.05, 4.69) is 41.5 Å². The molecule has 0 aliphatic heterocycles. The van der Waals surface area contributed by atoms with Crippen LogP contribution >= 0.6 is 22.7 Å². The molecule has 24 heavy (non-hydrogen) atoms. The molecule has 0 bridgehead atoms. The Morgan fingerprint density at radius 2 is 2.08 bits per heavy atom. The molecule has 0 fully saturated rings. The minimum absolute atomic E-state index is 0.0720. The predicted molar refractivity (Wildman–Crippen MR) is 101 cm³/mol. The highest BCUT2D eigenvalue weighted by Gasteiger charge is 2.18. The van der Waals surface area contributed by atoms with Crippen molar-refractivity contribution in [2.45, 2.75) is 32.7 Å². The Balaban J connectivity index is 1.72. The van der Waals surface area contributed by atoms with Crippen LogP contribution in [-0.2, 0) is 11.2 Å². The van der Waals surface area contributed by atoms with Crippen molar-refractivity contribution in [1.29, 1.82) is 0 Å². The molecule has 0 spiro atoms. The summed E-state index contributed by atoms with van der Waals surface area (Å²) in [5.74, 6) is 0.0720. The zero-order chi connectivity index (χ0) is 16.9. The molecule has 1 amide bonds. The molecule has 5 heteroatoms. The molecule has 0 unspecified atom stereocenters. The molecular weight excluding hydrogens is 336 g/mol. The van der Waals surface area contributed by atoms with Crippen LogP contribution in [0.1, 0.15) is 39.0 Å². The summed E-state index contributed by atoms with van der Waals surface area (Å²) < 4.78 is 0. The van der Waals surface area contributed by atoms with Crippen LogP contribution in [0, 0.1) is 13.8 Å². The summed E-state index contributed by atoms with van der Waals surface area (Å²) >= 11 is 3.29. The van der Waals surface area contributed by atoms with Gasteiger partial charge in [0, 0.05) is 16.2 Å². The average Bonchev–Trinajstić information content (AvgIpc) is 3.22. The molecule has 0 aliphatic carbocycles. The van der Waals surface area contributed by atoms with Crippen LogP contribution in [0.15, 0.2) is 47.3 Å². The smallest absolute Gasteiger partial charge is 0.221 e. The molecule has 2 aromatic heterocycles. The highest BCUT2D eigenvalue weighted by Crippen LogP contribution is 2.27. The molecule has 3 aromatic rings. The van der Waals surface area contributed by atoms with Gasteiger partial charge >= 0.3 is 0 Å². The standard InChI is InChI=1S/C19H20N2OS2/c1-13-5-3-6-15(11-13)19(17-7-4-10-23-17)21-18(22)9-8-16-14(2)20-12-24-16/h3-7,10-12,19H,8-9H2,1-2H3,(H,21,22)/t19-/m0/s1. The Labute approximate surface area is 150 Å². The van der Waals surface area contributed by atoms with Crippen LogP contribution in [0.25, 0.3) is 0 Å². The average molecular weight is 357 g/mol. The van der Waals surface area contributed by atoms with Gasteiger partial charge in [0.05, 0.1) is 17.2 Å². The first-order chi connectivity index (χ1) is 11.6. The van der Waals surface area contributed by atoms with E-state index in [0.717, 1.165) is 22.6 Å². The fourth-order valence-electron chi connectivity index (χ4n) is 2.65. The van der Waals surface area contributed by atoms with Crippen molar-refractivity contribution in [1.82, 2.24) is 10.3 Å². The van der Waals surface area contributed by atoms with Crippen molar-refractivity contribution in [3.63, 3.8) is 0 Å². The molecule has 0 saturated carbocycles. The van der Waals surface area contributed by atoms with E-state index in [1.807, 2.05) is 29.9 Å². The topological polar surface area (TPSA) is 42.0 Å². The Morgan fingerprint density at radius 1 is 1.21 bits per heavy atom. The summed E-state index contributed by atoms with van der Waals surface area (Å²) in [6, 6.07) is 12.3. The van der Waals surface area contributed by atoms with Gasteiger partial charge in [-0.25, -0.2) is 4.98 Å². The third-order valence-electron chi connectivity index (χ3n) is 3.93. The maximum atomic E-state index is 12.5. The third kappa shape index (κ3) is 4.10. The van der Waals surface area contributed by atoms with Gasteiger partial charge in [-0.05, 0) is 37.3 Å². The number of hydrogen-bond acceptors (Lipinski definition) is 4.